The number of benzene rings is 1. The number of carboxylic acids is 1. The van der Waals surface area contributed by atoms with E-state index in [4.69, 9.17) is 4.74 Å². The van der Waals surface area contributed by atoms with E-state index in [0.717, 1.165) is 34.1 Å². The number of fused-ring (bicyclic) bond motifs is 1. The van der Waals surface area contributed by atoms with Gasteiger partial charge < -0.3 is 14.6 Å². The Hall–Kier alpha value is -1.53. The molecule has 0 saturated carbocycles. The third-order valence-electron chi connectivity index (χ3n) is 3.26. The monoisotopic (exact) mass is 337 g/mol. The van der Waals surface area contributed by atoms with Crippen LogP contribution < -0.4 is 14.4 Å². The lowest BCUT2D eigenvalue weighted by atomic mass is 10.3. The molecule has 0 spiro atoms. The van der Waals surface area contributed by atoms with Gasteiger partial charge in [0.25, 0.3) is 5.01 Å². The molecule has 1 aromatic heterocycles. The Balaban J connectivity index is 2.43. The average Bonchev–Trinajstić information content (AvgIpc) is 2.86. The minimum atomic E-state index is -1.03. The number of aliphatic carboxylic acids is 1. The fourth-order valence-corrected chi connectivity index (χ4v) is 4.13. The summed E-state index contributed by atoms with van der Waals surface area (Å²) in [6.45, 7) is 4.98. The molecule has 0 aliphatic rings. The lowest BCUT2D eigenvalue weighted by Crippen LogP contribution is -2.33. The predicted molar refractivity (Wildman–Crippen MR) is 90.0 cm³/mol. The van der Waals surface area contributed by atoms with E-state index < -0.39 is 5.97 Å². The number of carbonyl (C=O) groups is 1. The first-order chi connectivity index (χ1) is 10.6. The highest BCUT2D eigenvalue weighted by atomic mass is 32.2. The summed E-state index contributed by atoms with van der Waals surface area (Å²) in [7, 11) is 1.66. The molecule has 0 fully saturated rings. The maximum absolute atomic E-state index is 10.6. The van der Waals surface area contributed by atoms with Gasteiger partial charge in [-0.1, -0.05) is 18.3 Å². The van der Waals surface area contributed by atoms with Gasteiger partial charge in [0.15, 0.2) is 0 Å². The standard InChI is InChI=1S/C16H19NO3S2/c1-4-12(21-10-16(18)19)9-15-17(5-2)13-8-11(20-3)6-7-14(13)22-15/h6-9H,4-5,10H2,1-3H3/b12-9-. The van der Waals surface area contributed by atoms with E-state index >= 15 is 0 Å². The molecular weight excluding hydrogens is 318 g/mol. The number of rotatable bonds is 7. The summed E-state index contributed by atoms with van der Waals surface area (Å²) >= 11 is 3.03. The highest BCUT2D eigenvalue weighted by Gasteiger charge is 2.18. The molecule has 0 atom stereocenters. The van der Waals surface area contributed by atoms with Crippen LogP contribution in [0.3, 0.4) is 0 Å². The van der Waals surface area contributed by atoms with Gasteiger partial charge in [0.2, 0.25) is 5.52 Å². The molecule has 0 radical (unpaired) electrons. The number of carbonyl (C=O) groups excluding carboxylic acids is 1. The molecule has 0 amide bonds. The van der Waals surface area contributed by atoms with Crippen molar-refractivity contribution in [2.75, 3.05) is 12.9 Å². The van der Waals surface area contributed by atoms with E-state index in [-0.39, 0.29) is 5.75 Å². The van der Waals surface area contributed by atoms with Crippen molar-refractivity contribution in [1.29, 1.82) is 0 Å². The smallest absolute Gasteiger partial charge is 0.263 e. The molecule has 4 nitrogen and oxygen atoms in total. The average molecular weight is 337 g/mol. The zero-order valence-electron chi connectivity index (χ0n) is 12.9. The first-order valence-corrected chi connectivity index (χ1v) is 8.92. The summed E-state index contributed by atoms with van der Waals surface area (Å²) in [5.41, 5.74) is 1.14. The number of carboxylic acid groups (broad SMARTS) is 1. The normalized spacial score (nSPS) is 11.9. The topological polar surface area (TPSA) is 53.2 Å². The predicted octanol–water partition coefficient (Wildman–Crippen LogP) is 2.45. The number of allylic oxidation sites excluding steroid dienone is 1. The Kier molecular flexibility index (Phi) is 5.85. The van der Waals surface area contributed by atoms with Gasteiger partial charge in [0, 0.05) is 11.8 Å². The van der Waals surface area contributed by atoms with Crippen molar-refractivity contribution in [3.05, 3.63) is 28.1 Å². The van der Waals surface area contributed by atoms with Crippen LogP contribution >= 0.6 is 23.1 Å². The minimum absolute atomic E-state index is 0.00941. The molecule has 6 heteroatoms. The summed E-state index contributed by atoms with van der Waals surface area (Å²) in [6, 6.07) is 6.05. The Bertz CT molecular complexity index is 707. The number of hydrogen-bond donors (Lipinski definition) is 0. The molecule has 0 unspecified atom stereocenters. The number of thiazole rings is 1. The van der Waals surface area contributed by atoms with Crippen LogP contribution in [-0.2, 0) is 11.3 Å². The first kappa shape index (κ1) is 16.8. The number of aromatic nitrogens is 1. The summed E-state index contributed by atoms with van der Waals surface area (Å²) in [5, 5.41) is 11.7. The number of ether oxygens (including phenoxy) is 1. The molecule has 118 valence electrons. The van der Waals surface area contributed by atoms with Crippen molar-refractivity contribution in [3.63, 3.8) is 0 Å². The number of nitrogens with zero attached hydrogens (tertiary/aromatic N) is 1. The fourth-order valence-electron chi connectivity index (χ4n) is 2.18. The molecule has 0 bridgehead atoms. The van der Waals surface area contributed by atoms with E-state index in [1.54, 1.807) is 18.4 Å². The maximum Gasteiger partial charge on any atom is 0.263 e. The van der Waals surface area contributed by atoms with Crippen LogP contribution in [-0.4, -0.2) is 18.8 Å². The van der Waals surface area contributed by atoms with E-state index in [1.165, 1.54) is 16.5 Å². The van der Waals surface area contributed by atoms with Gasteiger partial charge >= 0.3 is 0 Å². The van der Waals surface area contributed by atoms with Crippen molar-refractivity contribution < 1.29 is 19.2 Å². The van der Waals surface area contributed by atoms with Crippen molar-refractivity contribution >= 4 is 45.4 Å². The highest BCUT2D eigenvalue weighted by molar-refractivity contribution is 8.03. The molecular formula is C16H19NO3S2. The fraction of sp³-hybridized carbons (Fsp3) is 0.375. The molecule has 0 N–H and O–H groups in total. The van der Waals surface area contributed by atoms with E-state index in [0.29, 0.717) is 0 Å². The van der Waals surface area contributed by atoms with Gasteiger partial charge in [0.05, 0.1) is 19.1 Å². The Morgan fingerprint density at radius 1 is 1.45 bits per heavy atom. The molecule has 2 rings (SSSR count). The van der Waals surface area contributed by atoms with E-state index in [9.17, 15) is 9.90 Å². The van der Waals surface area contributed by atoms with Crippen LogP contribution in [0.5, 0.6) is 5.75 Å². The highest BCUT2D eigenvalue weighted by Crippen LogP contribution is 2.28. The number of aryl methyl sites for hydroxylation is 1. The van der Waals surface area contributed by atoms with Gasteiger partial charge in [0.1, 0.15) is 17.0 Å². The maximum atomic E-state index is 10.6. The second-order valence-corrected chi connectivity index (χ2v) is 6.81. The molecule has 22 heavy (non-hydrogen) atoms. The lowest BCUT2D eigenvalue weighted by molar-refractivity contribution is -0.665. The van der Waals surface area contributed by atoms with Gasteiger partial charge in [-0.15, -0.1) is 11.8 Å². The van der Waals surface area contributed by atoms with Gasteiger partial charge in [-0.2, -0.15) is 4.57 Å². The molecule has 0 aliphatic carbocycles. The zero-order chi connectivity index (χ0) is 16.1. The molecule has 0 aliphatic heterocycles. The Labute approximate surface area is 138 Å². The van der Waals surface area contributed by atoms with Crippen molar-refractivity contribution in [1.82, 2.24) is 0 Å². The third kappa shape index (κ3) is 3.81. The van der Waals surface area contributed by atoms with Crippen molar-refractivity contribution in [2.24, 2.45) is 0 Å². The van der Waals surface area contributed by atoms with Gasteiger partial charge in [-0.05, 0) is 30.4 Å². The summed E-state index contributed by atoms with van der Waals surface area (Å²) in [6.07, 6.45) is 2.88. The van der Waals surface area contributed by atoms with Gasteiger partial charge in [-0.3, -0.25) is 0 Å². The molecule has 2 aromatic rings. The molecule has 1 heterocycles. The number of methoxy groups -OCH3 is 1. The van der Waals surface area contributed by atoms with Crippen LogP contribution in [0.15, 0.2) is 23.1 Å². The molecule has 1 aromatic carbocycles. The third-order valence-corrected chi connectivity index (χ3v) is 5.53. The Morgan fingerprint density at radius 3 is 2.82 bits per heavy atom. The second-order valence-electron chi connectivity index (χ2n) is 4.64. The van der Waals surface area contributed by atoms with Crippen LogP contribution in [0.4, 0.5) is 0 Å². The van der Waals surface area contributed by atoms with Crippen molar-refractivity contribution in [2.45, 2.75) is 26.8 Å². The molecule has 0 saturated heterocycles. The van der Waals surface area contributed by atoms with Crippen molar-refractivity contribution in [3.8, 4) is 5.75 Å². The number of hydrogen-bond acceptors (Lipinski definition) is 5. The largest absolute Gasteiger partial charge is 0.549 e. The van der Waals surface area contributed by atoms with Gasteiger partial charge in [-0.25, -0.2) is 0 Å². The van der Waals surface area contributed by atoms with Crippen LogP contribution in [0.1, 0.15) is 25.3 Å². The summed E-state index contributed by atoms with van der Waals surface area (Å²) < 4.78 is 8.71. The summed E-state index contributed by atoms with van der Waals surface area (Å²) in [5.74, 6) is -0.205. The van der Waals surface area contributed by atoms with Crippen LogP contribution in [0.25, 0.3) is 16.3 Å². The zero-order valence-corrected chi connectivity index (χ0v) is 14.6. The first-order valence-electron chi connectivity index (χ1n) is 7.12. The summed E-state index contributed by atoms with van der Waals surface area (Å²) in [4.78, 5) is 11.7. The second kappa shape index (κ2) is 7.65. The SMILES string of the molecule is CC/C(=C/c1sc2ccc(OC)cc2[n+]1CC)SCC(=O)[O-]. The Morgan fingerprint density at radius 2 is 2.23 bits per heavy atom. The van der Waals surface area contributed by atoms with Crippen LogP contribution in [0, 0.1) is 0 Å². The number of thioether (sulfide) groups is 1. The van der Waals surface area contributed by atoms with E-state index in [1.807, 2.05) is 19.1 Å². The quantitative estimate of drug-likeness (QED) is 0.728. The van der Waals surface area contributed by atoms with Crippen LogP contribution in [0.2, 0.25) is 0 Å². The minimum Gasteiger partial charge on any atom is -0.549 e. The van der Waals surface area contributed by atoms with E-state index in [2.05, 4.69) is 23.6 Å². The lowest BCUT2D eigenvalue weighted by Gasteiger charge is -2.04.